The number of nitrogens with zero attached hydrogens (tertiary/aromatic N) is 3. The Morgan fingerprint density at radius 3 is 2.86 bits per heavy atom. The van der Waals surface area contributed by atoms with Crippen molar-refractivity contribution in [2.75, 3.05) is 6.54 Å². The van der Waals surface area contributed by atoms with E-state index in [2.05, 4.69) is 15.4 Å². The van der Waals surface area contributed by atoms with Crippen LogP contribution in [0.3, 0.4) is 0 Å². The van der Waals surface area contributed by atoms with Crippen LogP contribution >= 0.6 is 0 Å². The molecule has 1 aromatic rings. The summed E-state index contributed by atoms with van der Waals surface area (Å²) in [5, 5.41) is 10.0. The Morgan fingerprint density at radius 2 is 2.14 bits per heavy atom. The minimum atomic E-state index is -2.94. The van der Waals surface area contributed by atoms with Crippen LogP contribution in [0.5, 0.6) is 0 Å². The second-order valence-corrected chi connectivity index (χ2v) is 3.03. The first-order valence-corrected chi connectivity index (χ1v) is 4.14. The molecule has 0 aromatic carbocycles. The lowest BCUT2D eigenvalue weighted by Crippen LogP contribution is -2.39. The number of fused-ring (bicyclic) bond motifs is 1. The summed E-state index contributed by atoms with van der Waals surface area (Å²) in [6, 6.07) is 0. The van der Waals surface area contributed by atoms with Gasteiger partial charge in [-0.15, -0.1) is 0 Å². The molecule has 1 aliphatic rings. The summed E-state index contributed by atoms with van der Waals surface area (Å²) in [6.07, 6.45) is -2.46. The minimum absolute atomic E-state index is 0.120. The molecule has 0 radical (unpaired) electrons. The third-order valence-electron chi connectivity index (χ3n) is 2.16. The first kappa shape index (κ1) is 9.04. The Morgan fingerprint density at radius 1 is 1.43 bits per heavy atom. The monoisotopic (exact) mass is 202 g/mol. The second kappa shape index (κ2) is 3.32. The molecule has 0 saturated heterocycles. The Labute approximate surface area is 78.1 Å². The molecule has 2 heterocycles. The van der Waals surface area contributed by atoms with E-state index >= 15 is 0 Å². The van der Waals surface area contributed by atoms with Crippen LogP contribution in [0.1, 0.15) is 11.4 Å². The molecular weight excluding hydrogens is 194 g/mol. The van der Waals surface area contributed by atoms with Crippen LogP contribution in [0.15, 0.2) is 0 Å². The lowest BCUT2D eigenvalue weighted by atomic mass is 10.1. The van der Waals surface area contributed by atoms with Gasteiger partial charge in [-0.25, -0.2) is 0 Å². The number of amides is 1. The van der Waals surface area contributed by atoms with Crippen molar-refractivity contribution in [1.82, 2.24) is 20.3 Å². The first-order chi connectivity index (χ1) is 6.68. The first-order valence-electron chi connectivity index (χ1n) is 4.14. The Balaban J connectivity index is 2.11. The molecule has 76 valence electrons. The van der Waals surface area contributed by atoms with Crippen molar-refractivity contribution < 1.29 is 13.6 Å². The third kappa shape index (κ3) is 1.45. The Kier molecular flexibility index (Phi) is 2.14. The molecule has 0 spiro atoms. The Hall–Kier alpha value is -1.53. The quantitative estimate of drug-likeness (QED) is 0.694. The summed E-state index contributed by atoms with van der Waals surface area (Å²) in [6.45, 7) is 0.401. The van der Waals surface area contributed by atoms with E-state index in [-0.39, 0.29) is 13.1 Å². The van der Waals surface area contributed by atoms with Gasteiger partial charge >= 0.3 is 6.43 Å². The van der Waals surface area contributed by atoms with Crippen molar-refractivity contribution in [3.8, 4) is 0 Å². The van der Waals surface area contributed by atoms with Gasteiger partial charge in [0.1, 0.15) is 5.69 Å². The van der Waals surface area contributed by atoms with Crippen molar-refractivity contribution in [3.63, 3.8) is 0 Å². The van der Waals surface area contributed by atoms with E-state index in [4.69, 9.17) is 0 Å². The standard InChI is InChI=1S/C7H8F2N4O/c8-6(9)7(14)13-2-1-4-5(3-13)11-12-10-4/h6H,1-3H2,(H,10,11,12). The maximum atomic E-state index is 12.1. The molecule has 0 unspecified atom stereocenters. The van der Waals surface area contributed by atoms with E-state index in [1.807, 2.05) is 0 Å². The van der Waals surface area contributed by atoms with Gasteiger partial charge in [0.25, 0.3) is 5.91 Å². The van der Waals surface area contributed by atoms with E-state index in [0.717, 1.165) is 10.6 Å². The topological polar surface area (TPSA) is 61.9 Å². The zero-order valence-electron chi connectivity index (χ0n) is 7.20. The van der Waals surface area contributed by atoms with Gasteiger partial charge in [-0.1, -0.05) is 0 Å². The molecule has 5 nitrogen and oxygen atoms in total. The predicted molar refractivity (Wildman–Crippen MR) is 41.5 cm³/mol. The molecule has 0 atom stereocenters. The lowest BCUT2D eigenvalue weighted by molar-refractivity contribution is -0.143. The number of hydrogen-bond acceptors (Lipinski definition) is 3. The molecule has 14 heavy (non-hydrogen) atoms. The van der Waals surface area contributed by atoms with Crippen LogP contribution < -0.4 is 0 Å². The maximum Gasteiger partial charge on any atom is 0.315 e. The van der Waals surface area contributed by atoms with Gasteiger partial charge in [-0.05, 0) is 0 Å². The molecule has 0 fully saturated rings. The van der Waals surface area contributed by atoms with Gasteiger partial charge in [-0.3, -0.25) is 4.79 Å². The van der Waals surface area contributed by atoms with E-state index in [1.165, 1.54) is 0 Å². The zero-order valence-corrected chi connectivity index (χ0v) is 7.20. The van der Waals surface area contributed by atoms with Crippen molar-refractivity contribution in [1.29, 1.82) is 0 Å². The normalized spacial score (nSPS) is 15.8. The fourth-order valence-corrected chi connectivity index (χ4v) is 1.43. The maximum absolute atomic E-state index is 12.1. The minimum Gasteiger partial charge on any atom is -0.331 e. The number of halogens is 2. The van der Waals surface area contributed by atoms with Crippen LogP contribution in [-0.2, 0) is 17.8 Å². The number of aromatic amines is 1. The number of alkyl halides is 2. The number of hydrogen-bond donors (Lipinski definition) is 1. The zero-order chi connectivity index (χ0) is 10.1. The van der Waals surface area contributed by atoms with Crippen LogP contribution in [0.2, 0.25) is 0 Å². The van der Waals surface area contributed by atoms with Gasteiger partial charge in [-0.2, -0.15) is 24.2 Å². The highest BCUT2D eigenvalue weighted by molar-refractivity contribution is 5.79. The molecule has 1 amide bonds. The summed E-state index contributed by atoms with van der Waals surface area (Å²) < 4.78 is 24.2. The number of nitrogens with one attached hydrogen (secondary N) is 1. The number of aromatic nitrogens is 3. The smallest absolute Gasteiger partial charge is 0.315 e. The van der Waals surface area contributed by atoms with Crippen molar-refractivity contribution in [2.45, 2.75) is 19.4 Å². The second-order valence-electron chi connectivity index (χ2n) is 3.03. The fraction of sp³-hybridized carbons (Fsp3) is 0.571. The van der Waals surface area contributed by atoms with E-state index in [1.54, 1.807) is 0 Å². The largest absolute Gasteiger partial charge is 0.331 e. The molecule has 0 aliphatic carbocycles. The molecule has 0 bridgehead atoms. The highest BCUT2D eigenvalue weighted by Gasteiger charge is 2.28. The van der Waals surface area contributed by atoms with Gasteiger partial charge in [0.2, 0.25) is 0 Å². The number of H-pyrrole nitrogens is 1. The van der Waals surface area contributed by atoms with E-state index in [9.17, 15) is 13.6 Å². The summed E-state index contributed by atoms with van der Waals surface area (Å²) in [4.78, 5) is 12.0. The molecular formula is C7H8F2N4O. The third-order valence-corrected chi connectivity index (χ3v) is 2.16. The average molecular weight is 202 g/mol. The fourth-order valence-electron chi connectivity index (χ4n) is 1.43. The van der Waals surface area contributed by atoms with Gasteiger partial charge in [0.15, 0.2) is 0 Å². The summed E-state index contributed by atoms with van der Waals surface area (Å²) in [7, 11) is 0. The van der Waals surface area contributed by atoms with Crippen LogP contribution in [-0.4, -0.2) is 39.2 Å². The summed E-state index contributed by atoms with van der Waals surface area (Å²) >= 11 is 0. The summed E-state index contributed by atoms with van der Waals surface area (Å²) in [5.41, 5.74) is 1.33. The van der Waals surface area contributed by atoms with Crippen LogP contribution in [0.4, 0.5) is 8.78 Å². The lowest BCUT2D eigenvalue weighted by Gasteiger charge is -2.24. The molecule has 1 aliphatic heterocycles. The number of carbonyl (C=O) groups is 1. The van der Waals surface area contributed by atoms with Crippen LogP contribution in [0.25, 0.3) is 0 Å². The van der Waals surface area contributed by atoms with Gasteiger partial charge < -0.3 is 4.90 Å². The van der Waals surface area contributed by atoms with Crippen LogP contribution in [0, 0.1) is 0 Å². The van der Waals surface area contributed by atoms with Gasteiger partial charge in [0.05, 0.1) is 12.2 Å². The molecule has 1 N–H and O–H groups in total. The van der Waals surface area contributed by atoms with Crippen molar-refractivity contribution in [2.24, 2.45) is 0 Å². The summed E-state index contributed by atoms with van der Waals surface area (Å²) in [5.74, 6) is -1.14. The SMILES string of the molecule is O=C(C(F)F)N1CCc2n[nH]nc2C1. The van der Waals surface area contributed by atoms with E-state index < -0.39 is 12.3 Å². The molecule has 1 aromatic heterocycles. The average Bonchev–Trinajstić information content (AvgIpc) is 2.62. The molecule has 0 saturated carbocycles. The van der Waals surface area contributed by atoms with Gasteiger partial charge in [0, 0.05) is 13.0 Å². The molecule has 2 rings (SSSR count). The highest BCUT2D eigenvalue weighted by Crippen LogP contribution is 2.15. The highest BCUT2D eigenvalue weighted by atomic mass is 19.3. The number of carbonyl (C=O) groups excluding carboxylic acids is 1. The van der Waals surface area contributed by atoms with Crippen molar-refractivity contribution >= 4 is 5.91 Å². The Bertz CT molecular complexity index is 351. The predicted octanol–water partition coefficient (Wildman–Crippen LogP) is -0.0455. The number of rotatable bonds is 1. The van der Waals surface area contributed by atoms with Crippen molar-refractivity contribution in [3.05, 3.63) is 11.4 Å². The van der Waals surface area contributed by atoms with E-state index in [0.29, 0.717) is 12.1 Å². The molecule has 7 heteroatoms.